The van der Waals surface area contributed by atoms with Crippen molar-refractivity contribution in [2.75, 3.05) is 18.6 Å². The summed E-state index contributed by atoms with van der Waals surface area (Å²) in [7, 11) is 1.74. The normalized spacial score (nSPS) is 15.2. The first kappa shape index (κ1) is 22.4. The van der Waals surface area contributed by atoms with Crippen molar-refractivity contribution >= 4 is 55.5 Å². The number of rotatable bonds is 6. The van der Waals surface area contributed by atoms with Crippen LogP contribution in [0.1, 0.15) is 42.9 Å². The molecule has 0 radical (unpaired) electrons. The fourth-order valence-electron chi connectivity index (χ4n) is 3.99. The molecule has 2 aromatic carbocycles. The zero-order valence-electron chi connectivity index (χ0n) is 19.3. The van der Waals surface area contributed by atoms with E-state index in [1.54, 1.807) is 7.11 Å². The van der Waals surface area contributed by atoms with Crippen LogP contribution in [0.15, 0.2) is 46.6 Å². The molecule has 1 aliphatic heterocycles. The number of aryl methyl sites for hydroxylation is 3. The van der Waals surface area contributed by atoms with Gasteiger partial charge in [0.2, 0.25) is 0 Å². The molecular weight excluding hydrogens is 514 g/mol. The van der Waals surface area contributed by atoms with Crippen LogP contribution >= 0.6 is 0 Å². The Morgan fingerprint density at radius 3 is 2.55 bits per heavy atom. The average Bonchev–Trinajstić information content (AvgIpc) is 3.28. The predicted octanol–water partition coefficient (Wildman–Crippen LogP) is 4.33. The van der Waals surface area contributed by atoms with Crippen LogP contribution in [0.25, 0.3) is 15.9 Å². The monoisotopic (exact) mass is 547 g/mol. The second-order valence-electron chi connectivity index (χ2n) is 7.82. The summed E-state index contributed by atoms with van der Waals surface area (Å²) < 4.78 is 13.9. The SMILES string of the molecule is CCC(/C=C1\[Se]c2ccc(OC)cc2N1CC)=C\c1[se]c2cc(C)c(C)cc2[n+]1CC. The van der Waals surface area contributed by atoms with Crippen LogP contribution in [0.4, 0.5) is 5.69 Å². The maximum atomic E-state index is 5.47. The molecule has 4 rings (SSSR count). The van der Waals surface area contributed by atoms with Crippen molar-refractivity contribution in [3.8, 4) is 5.75 Å². The van der Waals surface area contributed by atoms with E-state index >= 15 is 0 Å². The summed E-state index contributed by atoms with van der Waals surface area (Å²) in [5.41, 5.74) is 6.94. The third-order valence-corrected chi connectivity index (χ3v) is 10.6. The van der Waals surface area contributed by atoms with Gasteiger partial charge in [0.05, 0.1) is 0 Å². The van der Waals surface area contributed by atoms with Crippen LogP contribution in [0, 0.1) is 13.8 Å². The summed E-state index contributed by atoms with van der Waals surface area (Å²) in [5, 5.41) is 0. The molecule has 1 aromatic heterocycles. The summed E-state index contributed by atoms with van der Waals surface area (Å²) in [4.78, 5) is 2.46. The summed E-state index contributed by atoms with van der Waals surface area (Å²) in [6.45, 7) is 13.2. The van der Waals surface area contributed by atoms with Crippen LogP contribution in [-0.4, -0.2) is 43.1 Å². The van der Waals surface area contributed by atoms with E-state index < -0.39 is 0 Å². The first-order chi connectivity index (χ1) is 15.0. The van der Waals surface area contributed by atoms with Gasteiger partial charge in [-0.3, -0.25) is 0 Å². The molecule has 31 heavy (non-hydrogen) atoms. The Morgan fingerprint density at radius 2 is 1.87 bits per heavy atom. The standard InChI is InChI=1S/C26H31N2OSe2/c1-7-19(14-25-28(9-3)22-16-20(29-6)10-11-23(22)30-25)15-26-27(8-2)21-12-17(4)18(5)13-24(21)31-26/h10-16H,7-9H2,1-6H3/q+1. The number of hydrogen-bond acceptors (Lipinski definition) is 2. The van der Waals surface area contributed by atoms with E-state index in [1.165, 1.54) is 45.8 Å². The van der Waals surface area contributed by atoms with Gasteiger partial charge in [-0.15, -0.1) is 0 Å². The number of aromatic nitrogens is 1. The van der Waals surface area contributed by atoms with Gasteiger partial charge in [0.15, 0.2) is 0 Å². The summed E-state index contributed by atoms with van der Waals surface area (Å²) in [6, 6.07) is 11.3. The van der Waals surface area contributed by atoms with Crippen LogP contribution in [0.5, 0.6) is 5.75 Å². The van der Waals surface area contributed by atoms with Gasteiger partial charge in [-0.1, -0.05) is 0 Å². The number of nitrogens with zero attached hydrogens (tertiary/aromatic N) is 2. The number of benzene rings is 2. The molecular formula is C26H31N2OSe2+. The molecule has 0 N–H and O–H groups in total. The van der Waals surface area contributed by atoms with E-state index in [1.807, 2.05) is 0 Å². The van der Waals surface area contributed by atoms with Crippen molar-refractivity contribution in [3.63, 3.8) is 0 Å². The van der Waals surface area contributed by atoms with E-state index in [9.17, 15) is 0 Å². The van der Waals surface area contributed by atoms with E-state index in [0.717, 1.165) is 25.3 Å². The number of methoxy groups -OCH3 is 1. The van der Waals surface area contributed by atoms with Crippen molar-refractivity contribution in [1.29, 1.82) is 0 Å². The van der Waals surface area contributed by atoms with Crippen molar-refractivity contribution < 1.29 is 9.30 Å². The third-order valence-electron chi connectivity index (χ3n) is 5.94. The zero-order valence-corrected chi connectivity index (χ0v) is 22.7. The van der Waals surface area contributed by atoms with Gasteiger partial charge in [0.25, 0.3) is 0 Å². The Labute approximate surface area is 198 Å². The van der Waals surface area contributed by atoms with E-state index in [4.69, 9.17) is 4.74 Å². The molecule has 0 spiro atoms. The minimum atomic E-state index is 0.332. The third kappa shape index (κ3) is 4.30. The summed E-state index contributed by atoms with van der Waals surface area (Å²) in [5.74, 6) is 0.937. The zero-order chi connectivity index (χ0) is 22.1. The van der Waals surface area contributed by atoms with Gasteiger partial charge >= 0.3 is 199 Å². The Balaban J connectivity index is 1.75. The van der Waals surface area contributed by atoms with E-state index in [2.05, 4.69) is 86.6 Å². The van der Waals surface area contributed by atoms with Crippen LogP contribution < -0.4 is 18.7 Å². The number of anilines is 1. The van der Waals surface area contributed by atoms with Gasteiger partial charge in [-0.05, 0) is 0 Å². The molecule has 0 saturated carbocycles. The second-order valence-corrected chi connectivity index (χ2v) is 12.3. The predicted molar refractivity (Wildman–Crippen MR) is 134 cm³/mol. The second kappa shape index (κ2) is 9.38. The molecule has 162 valence electrons. The van der Waals surface area contributed by atoms with E-state index in [-0.39, 0.29) is 0 Å². The molecule has 3 aromatic rings. The Morgan fingerprint density at radius 1 is 1.10 bits per heavy atom. The first-order valence-electron chi connectivity index (χ1n) is 11.0. The fraction of sp³-hybridized carbons (Fsp3) is 0.346. The van der Waals surface area contributed by atoms with Crippen LogP contribution in [0.2, 0.25) is 0 Å². The van der Waals surface area contributed by atoms with Gasteiger partial charge in [0, 0.05) is 0 Å². The van der Waals surface area contributed by atoms with Gasteiger partial charge in [-0.25, -0.2) is 0 Å². The minimum absolute atomic E-state index is 0.332. The van der Waals surface area contributed by atoms with Crippen molar-refractivity contribution in [2.24, 2.45) is 0 Å². The Hall–Kier alpha value is -1.77. The van der Waals surface area contributed by atoms with Crippen LogP contribution in [0.3, 0.4) is 0 Å². The summed E-state index contributed by atoms with van der Waals surface area (Å²) in [6.07, 6.45) is 5.96. The molecule has 5 heteroatoms. The van der Waals surface area contributed by atoms with Gasteiger partial charge < -0.3 is 0 Å². The summed E-state index contributed by atoms with van der Waals surface area (Å²) >= 11 is 0.698. The molecule has 0 bridgehead atoms. The van der Waals surface area contributed by atoms with Crippen molar-refractivity contribution in [2.45, 2.75) is 47.6 Å². The quantitative estimate of drug-likeness (QED) is 0.339. The molecule has 1 aliphatic rings. The number of hydrogen-bond donors (Lipinski definition) is 0. The fourth-order valence-corrected chi connectivity index (χ4v) is 9.16. The molecule has 0 amide bonds. The topological polar surface area (TPSA) is 16.4 Å². The van der Waals surface area contributed by atoms with Crippen molar-refractivity contribution in [3.05, 3.63) is 62.3 Å². The number of allylic oxidation sites excluding steroid dienone is 2. The maximum absolute atomic E-state index is 5.47. The van der Waals surface area contributed by atoms with Crippen molar-refractivity contribution in [1.82, 2.24) is 0 Å². The first-order valence-corrected chi connectivity index (χ1v) is 14.4. The molecule has 2 heterocycles. The molecule has 0 saturated heterocycles. The average molecular weight is 545 g/mol. The van der Waals surface area contributed by atoms with Crippen LogP contribution in [-0.2, 0) is 6.54 Å². The van der Waals surface area contributed by atoms with Gasteiger partial charge in [-0.2, -0.15) is 0 Å². The molecule has 0 aliphatic carbocycles. The molecule has 3 nitrogen and oxygen atoms in total. The molecule has 0 fully saturated rings. The Bertz CT molecular complexity index is 1190. The molecule has 0 atom stereocenters. The molecule has 0 unspecified atom stereocenters. The number of fused-ring (bicyclic) bond motifs is 2. The van der Waals surface area contributed by atoms with E-state index in [0.29, 0.717) is 29.5 Å². The van der Waals surface area contributed by atoms with Gasteiger partial charge in [0.1, 0.15) is 0 Å². The number of ether oxygens (including phenoxy) is 1. The Kier molecular flexibility index (Phi) is 6.79.